The molecule has 1 aliphatic heterocycles. The van der Waals surface area contributed by atoms with E-state index in [-0.39, 0.29) is 11.3 Å². The number of hydrogen-bond donors (Lipinski definition) is 1. The lowest BCUT2D eigenvalue weighted by Crippen LogP contribution is -2.42. The van der Waals surface area contributed by atoms with E-state index < -0.39 is 9.84 Å². The molecule has 2 aliphatic rings. The van der Waals surface area contributed by atoms with E-state index >= 15 is 0 Å². The molecule has 2 rings (SSSR count). The summed E-state index contributed by atoms with van der Waals surface area (Å²) in [6.45, 7) is 0.987. The van der Waals surface area contributed by atoms with E-state index in [9.17, 15) is 8.42 Å². The smallest absolute Gasteiger partial charge is 0.151 e. The molecule has 16 heavy (non-hydrogen) atoms. The fourth-order valence-corrected chi connectivity index (χ4v) is 5.40. The average Bonchev–Trinajstić information content (AvgIpc) is 2.85. The summed E-state index contributed by atoms with van der Waals surface area (Å²) in [5.41, 5.74) is 0. The maximum atomic E-state index is 11.6. The van der Waals surface area contributed by atoms with Gasteiger partial charge < -0.3 is 5.32 Å². The molecule has 1 saturated carbocycles. The van der Waals surface area contributed by atoms with Crippen molar-refractivity contribution >= 4 is 21.6 Å². The molecule has 0 amide bonds. The molecule has 3 atom stereocenters. The Balaban J connectivity index is 1.84. The first-order chi connectivity index (χ1) is 7.57. The Morgan fingerprint density at radius 1 is 1.25 bits per heavy atom. The van der Waals surface area contributed by atoms with Crippen LogP contribution in [-0.2, 0) is 9.84 Å². The van der Waals surface area contributed by atoms with Crippen LogP contribution in [0, 0.1) is 0 Å². The summed E-state index contributed by atoms with van der Waals surface area (Å²) < 4.78 is 23.2. The number of nitrogens with one attached hydrogen (secondary N) is 1. The molecule has 0 aromatic carbocycles. The van der Waals surface area contributed by atoms with Crippen LogP contribution in [0.2, 0.25) is 0 Å². The van der Waals surface area contributed by atoms with Gasteiger partial charge in [0.25, 0.3) is 0 Å². The number of sulfone groups is 1. The third-order valence-electron chi connectivity index (χ3n) is 3.63. The van der Waals surface area contributed by atoms with E-state index in [1.54, 1.807) is 0 Å². The van der Waals surface area contributed by atoms with Crippen LogP contribution in [0.15, 0.2) is 0 Å². The molecular formula is C11H21NO2S2. The number of hydrogen-bond acceptors (Lipinski definition) is 4. The number of rotatable bonds is 4. The summed E-state index contributed by atoms with van der Waals surface area (Å²) in [6, 6.07) is 0.205. The molecular weight excluding hydrogens is 242 g/mol. The zero-order valence-corrected chi connectivity index (χ0v) is 11.4. The van der Waals surface area contributed by atoms with Crippen molar-refractivity contribution in [3.8, 4) is 0 Å². The maximum absolute atomic E-state index is 11.6. The van der Waals surface area contributed by atoms with Gasteiger partial charge in [-0.1, -0.05) is 6.42 Å². The van der Waals surface area contributed by atoms with Crippen LogP contribution in [0.1, 0.15) is 32.1 Å². The first-order valence-corrected chi connectivity index (χ1v) is 9.11. The van der Waals surface area contributed by atoms with Gasteiger partial charge in [0, 0.05) is 24.1 Å². The van der Waals surface area contributed by atoms with E-state index in [0.717, 1.165) is 25.8 Å². The van der Waals surface area contributed by atoms with Crippen LogP contribution in [0.4, 0.5) is 0 Å². The standard InChI is InChI=1S/C11H21NO2S2/c1-16(13,14)11-6-2-5-10(11)12-8-9-4-3-7-15-9/h9-12H,2-8H2,1H3. The van der Waals surface area contributed by atoms with Gasteiger partial charge in [-0.3, -0.25) is 0 Å². The van der Waals surface area contributed by atoms with Crippen molar-refractivity contribution in [1.29, 1.82) is 0 Å². The lowest BCUT2D eigenvalue weighted by Gasteiger charge is -2.21. The van der Waals surface area contributed by atoms with E-state index in [1.807, 2.05) is 11.8 Å². The zero-order chi connectivity index (χ0) is 11.6. The first kappa shape index (κ1) is 12.7. The minimum Gasteiger partial charge on any atom is -0.312 e. The molecule has 3 unspecified atom stereocenters. The Morgan fingerprint density at radius 3 is 2.69 bits per heavy atom. The van der Waals surface area contributed by atoms with Crippen molar-refractivity contribution in [3.63, 3.8) is 0 Å². The zero-order valence-electron chi connectivity index (χ0n) is 9.81. The Labute approximate surface area is 103 Å². The molecule has 1 heterocycles. The van der Waals surface area contributed by atoms with Crippen molar-refractivity contribution in [3.05, 3.63) is 0 Å². The third kappa shape index (κ3) is 3.14. The largest absolute Gasteiger partial charge is 0.312 e. The highest BCUT2D eigenvalue weighted by Gasteiger charge is 2.34. The molecule has 1 N–H and O–H groups in total. The van der Waals surface area contributed by atoms with Crippen LogP contribution in [0.3, 0.4) is 0 Å². The first-order valence-electron chi connectivity index (χ1n) is 6.11. The van der Waals surface area contributed by atoms with Gasteiger partial charge in [0.05, 0.1) is 5.25 Å². The second-order valence-electron chi connectivity index (χ2n) is 4.95. The van der Waals surface area contributed by atoms with E-state index in [0.29, 0.717) is 5.25 Å². The molecule has 94 valence electrons. The summed E-state index contributed by atoms with van der Waals surface area (Å²) in [5, 5.41) is 4.05. The topological polar surface area (TPSA) is 46.2 Å². The fourth-order valence-electron chi connectivity index (χ4n) is 2.76. The SMILES string of the molecule is CS(=O)(=O)C1CCCC1NCC1CCCS1. The quantitative estimate of drug-likeness (QED) is 0.833. The predicted molar refractivity (Wildman–Crippen MR) is 69.8 cm³/mol. The molecule has 0 aromatic rings. The third-order valence-corrected chi connectivity index (χ3v) is 6.70. The second-order valence-corrected chi connectivity index (χ2v) is 8.62. The monoisotopic (exact) mass is 263 g/mol. The summed E-state index contributed by atoms with van der Waals surface area (Å²) in [6.07, 6.45) is 6.89. The van der Waals surface area contributed by atoms with Crippen molar-refractivity contribution in [2.75, 3.05) is 18.6 Å². The minimum atomic E-state index is -2.87. The predicted octanol–water partition coefficient (Wildman–Crippen LogP) is 1.44. The lowest BCUT2D eigenvalue weighted by molar-refractivity contribution is 0.503. The highest BCUT2D eigenvalue weighted by Crippen LogP contribution is 2.28. The minimum absolute atomic E-state index is 0.140. The van der Waals surface area contributed by atoms with Crippen molar-refractivity contribution in [2.45, 2.75) is 48.6 Å². The maximum Gasteiger partial charge on any atom is 0.151 e. The van der Waals surface area contributed by atoms with E-state index in [2.05, 4.69) is 5.32 Å². The van der Waals surface area contributed by atoms with Gasteiger partial charge in [0.1, 0.15) is 0 Å². The highest BCUT2D eigenvalue weighted by atomic mass is 32.2. The Hall–Kier alpha value is 0.260. The molecule has 1 aliphatic carbocycles. The molecule has 0 aromatic heterocycles. The van der Waals surface area contributed by atoms with Crippen LogP contribution in [0.5, 0.6) is 0 Å². The summed E-state index contributed by atoms with van der Waals surface area (Å²) in [5.74, 6) is 1.27. The van der Waals surface area contributed by atoms with Crippen LogP contribution < -0.4 is 5.32 Å². The van der Waals surface area contributed by atoms with Crippen molar-refractivity contribution < 1.29 is 8.42 Å². The summed E-state index contributed by atoms with van der Waals surface area (Å²) in [4.78, 5) is 0. The van der Waals surface area contributed by atoms with Gasteiger partial charge in [-0.05, 0) is 31.4 Å². The van der Waals surface area contributed by atoms with Gasteiger partial charge in [-0.25, -0.2) is 8.42 Å². The van der Waals surface area contributed by atoms with Gasteiger partial charge in [-0.15, -0.1) is 0 Å². The van der Waals surface area contributed by atoms with Crippen LogP contribution >= 0.6 is 11.8 Å². The Kier molecular flexibility index (Phi) is 4.19. The average molecular weight is 263 g/mol. The molecule has 0 spiro atoms. The van der Waals surface area contributed by atoms with Gasteiger partial charge in [0.15, 0.2) is 9.84 Å². The molecule has 0 bridgehead atoms. The summed E-state index contributed by atoms with van der Waals surface area (Å²) >= 11 is 2.02. The van der Waals surface area contributed by atoms with E-state index in [4.69, 9.17) is 0 Å². The van der Waals surface area contributed by atoms with Crippen molar-refractivity contribution in [2.24, 2.45) is 0 Å². The normalized spacial score (nSPS) is 35.7. The molecule has 1 saturated heterocycles. The molecule has 2 fully saturated rings. The van der Waals surface area contributed by atoms with Gasteiger partial charge in [0.2, 0.25) is 0 Å². The second kappa shape index (κ2) is 5.27. The van der Waals surface area contributed by atoms with Crippen LogP contribution in [0.25, 0.3) is 0 Å². The Bertz CT molecular complexity index is 323. The highest BCUT2D eigenvalue weighted by molar-refractivity contribution is 8.00. The van der Waals surface area contributed by atoms with Crippen molar-refractivity contribution in [1.82, 2.24) is 5.32 Å². The molecule has 3 nitrogen and oxygen atoms in total. The van der Waals surface area contributed by atoms with E-state index in [1.165, 1.54) is 24.9 Å². The lowest BCUT2D eigenvalue weighted by atomic mass is 10.2. The molecule has 0 radical (unpaired) electrons. The summed E-state index contributed by atoms with van der Waals surface area (Å²) in [7, 11) is -2.87. The Morgan fingerprint density at radius 2 is 2.06 bits per heavy atom. The fraction of sp³-hybridized carbons (Fsp3) is 1.00. The molecule has 5 heteroatoms. The van der Waals surface area contributed by atoms with Crippen LogP contribution in [-0.4, -0.2) is 43.5 Å². The van der Waals surface area contributed by atoms with Gasteiger partial charge >= 0.3 is 0 Å². The number of thioether (sulfide) groups is 1. The van der Waals surface area contributed by atoms with Gasteiger partial charge in [-0.2, -0.15) is 11.8 Å².